The summed E-state index contributed by atoms with van der Waals surface area (Å²) in [5.41, 5.74) is 1.17. The van der Waals surface area contributed by atoms with Crippen molar-refractivity contribution in [3.63, 3.8) is 0 Å². The highest BCUT2D eigenvalue weighted by Crippen LogP contribution is 2.41. The molecule has 19 heavy (non-hydrogen) atoms. The molecule has 0 bridgehead atoms. The largest absolute Gasteiger partial charge is 0.308 e. The lowest BCUT2D eigenvalue weighted by Gasteiger charge is -2.36. The molecular formula is C12H21BrN4S2. The monoisotopic (exact) mass is 364 g/mol. The molecule has 1 aromatic heterocycles. The lowest BCUT2D eigenvalue weighted by Crippen LogP contribution is -2.39. The molecule has 3 unspecified atom stereocenters. The molecule has 0 aromatic carbocycles. The van der Waals surface area contributed by atoms with Crippen LogP contribution in [0.4, 0.5) is 0 Å². The maximum Gasteiger partial charge on any atom is 0.153 e. The SMILES string of the molecule is CCNC(c1c(Br)nnn1C)C1SCCSC1CC. The van der Waals surface area contributed by atoms with Crippen LogP contribution in [0.25, 0.3) is 0 Å². The standard InChI is InChI=1S/C12H21BrN4S2/c1-4-8-11(19-7-6-18-8)9(14-5-2)10-12(13)15-16-17(10)3/h8-9,11,14H,4-7H2,1-3H3. The Morgan fingerprint density at radius 1 is 1.42 bits per heavy atom. The maximum absolute atomic E-state index is 4.14. The quantitative estimate of drug-likeness (QED) is 0.869. The summed E-state index contributed by atoms with van der Waals surface area (Å²) in [6, 6.07) is 0.308. The van der Waals surface area contributed by atoms with Gasteiger partial charge in [-0.1, -0.05) is 19.1 Å². The summed E-state index contributed by atoms with van der Waals surface area (Å²) in [5.74, 6) is 2.50. The Kier molecular flexibility index (Phi) is 6.05. The fourth-order valence-electron chi connectivity index (χ4n) is 2.50. The van der Waals surface area contributed by atoms with Crippen molar-refractivity contribution in [1.82, 2.24) is 20.3 Å². The molecule has 2 rings (SSSR count). The lowest BCUT2D eigenvalue weighted by atomic mass is 10.1. The van der Waals surface area contributed by atoms with E-state index in [1.54, 1.807) is 0 Å². The van der Waals surface area contributed by atoms with Gasteiger partial charge in [-0.05, 0) is 28.9 Å². The summed E-state index contributed by atoms with van der Waals surface area (Å²) in [6.45, 7) is 5.41. The Labute approximate surface area is 132 Å². The summed E-state index contributed by atoms with van der Waals surface area (Å²) in [5, 5.41) is 13.2. The Morgan fingerprint density at radius 2 is 2.16 bits per heavy atom. The second-order valence-electron chi connectivity index (χ2n) is 4.58. The van der Waals surface area contributed by atoms with Crippen LogP contribution in [0.1, 0.15) is 32.0 Å². The topological polar surface area (TPSA) is 42.7 Å². The molecule has 0 radical (unpaired) electrons. The minimum atomic E-state index is 0.308. The van der Waals surface area contributed by atoms with Crippen molar-refractivity contribution in [3.05, 3.63) is 10.3 Å². The summed E-state index contributed by atoms with van der Waals surface area (Å²) >= 11 is 7.74. The van der Waals surface area contributed by atoms with Gasteiger partial charge in [-0.25, -0.2) is 4.68 Å². The number of hydrogen-bond acceptors (Lipinski definition) is 5. The molecular weight excluding hydrogens is 344 g/mol. The molecule has 7 heteroatoms. The van der Waals surface area contributed by atoms with Crippen molar-refractivity contribution in [3.8, 4) is 0 Å². The van der Waals surface area contributed by atoms with E-state index in [4.69, 9.17) is 0 Å². The van der Waals surface area contributed by atoms with Gasteiger partial charge in [0.2, 0.25) is 0 Å². The van der Waals surface area contributed by atoms with Crippen LogP contribution in [0, 0.1) is 0 Å². The minimum Gasteiger partial charge on any atom is -0.308 e. The van der Waals surface area contributed by atoms with Gasteiger partial charge in [-0.2, -0.15) is 23.5 Å². The summed E-state index contributed by atoms with van der Waals surface area (Å²) in [4.78, 5) is 0. The summed E-state index contributed by atoms with van der Waals surface area (Å²) in [7, 11) is 1.97. The van der Waals surface area contributed by atoms with Gasteiger partial charge in [-0.3, -0.25) is 0 Å². The first-order valence-corrected chi connectivity index (χ1v) is 9.59. The van der Waals surface area contributed by atoms with E-state index in [2.05, 4.69) is 68.9 Å². The van der Waals surface area contributed by atoms with Crippen LogP contribution in [0.2, 0.25) is 0 Å². The fraction of sp³-hybridized carbons (Fsp3) is 0.833. The van der Waals surface area contributed by atoms with Crippen molar-refractivity contribution in [2.24, 2.45) is 7.05 Å². The van der Waals surface area contributed by atoms with Crippen LogP contribution in [-0.2, 0) is 7.05 Å². The predicted octanol–water partition coefficient (Wildman–Crippen LogP) is 2.86. The van der Waals surface area contributed by atoms with Gasteiger partial charge in [0.1, 0.15) is 0 Å². The maximum atomic E-state index is 4.14. The number of hydrogen-bond donors (Lipinski definition) is 1. The Balaban J connectivity index is 2.28. The lowest BCUT2D eigenvalue weighted by molar-refractivity contribution is 0.478. The van der Waals surface area contributed by atoms with E-state index in [0.717, 1.165) is 11.1 Å². The highest BCUT2D eigenvalue weighted by Gasteiger charge is 2.35. The second-order valence-corrected chi connectivity index (χ2v) is 7.96. The third-order valence-corrected chi connectivity index (χ3v) is 7.28. The molecule has 1 saturated heterocycles. The van der Waals surface area contributed by atoms with E-state index in [0.29, 0.717) is 16.5 Å². The Bertz CT molecular complexity index is 393. The third-order valence-electron chi connectivity index (χ3n) is 3.37. The van der Waals surface area contributed by atoms with Gasteiger partial charge in [0.05, 0.1) is 11.7 Å². The Morgan fingerprint density at radius 3 is 2.74 bits per heavy atom. The zero-order valence-electron chi connectivity index (χ0n) is 11.6. The van der Waals surface area contributed by atoms with Crippen molar-refractivity contribution >= 4 is 39.5 Å². The molecule has 0 aliphatic carbocycles. The molecule has 1 fully saturated rings. The van der Waals surface area contributed by atoms with E-state index in [-0.39, 0.29) is 0 Å². The molecule has 1 aliphatic rings. The number of nitrogens with zero attached hydrogens (tertiary/aromatic N) is 3. The van der Waals surface area contributed by atoms with Crippen LogP contribution in [0.5, 0.6) is 0 Å². The van der Waals surface area contributed by atoms with Gasteiger partial charge in [0.25, 0.3) is 0 Å². The van der Waals surface area contributed by atoms with Crippen molar-refractivity contribution < 1.29 is 0 Å². The molecule has 2 heterocycles. The molecule has 4 nitrogen and oxygen atoms in total. The molecule has 1 aliphatic heterocycles. The number of thioether (sulfide) groups is 2. The highest BCUT2D eigenvalue weighted by molar-refractivity contribution is 9.10. The van der Waals surface area contributed by atoms with Crippen LogP contribution >= 0.6 is 39.5 Å². The van der Waals surface area contributed by atoms with Crippen LogP contribution in [0.3, 0.4) is 0 Å². The third kappa shape index (κ3) is 3.49. The number of aryl methyl sites for hydroxylation is 1. The number of rotatable bonds is 5. The average Bonchev–Trinajstić information content (AvgIpc) is 2.76. The first-order valence-electron chi connectivity index (χ1n) is 6.70. The first-order chi connectivity index (χ1) is 9.19. The van der Waals surface area contributed by atoms with Gasteiger partial charge < -0.3 is 5.32 Å². The smallest absolute Gasteiger partial charge is 0.153 e. The number of aromatic nitrogens is 3. The molecule has 108 valence electrons. The zero-order chi connectivity index (χ0) is 13.8. The van der Waals surface area contributed by atoms with Gasteiger partial charge in [0.15, 0.2) is 4.60 Å². The van der Waals surface area contributed by atoms with E-state index in [9.17, 15) is 0 Å². The van der Waals surface area contributed by atoms with Gasteiger partial charge in [0, 0.05) is 29.1 Å². The van der Waals surface area contributed by atoms with E-state index < -0.39 is 0 Å². The van der Waals surface area contributed by atoms with Crippen LogP contribution < -0.4 is 5.32 Å². The molecule has 1 aromatic rings. The molecule has 3 atom stereocenters. The normalized spacial score (nSPS) is 25.5. The van der Waals surface area contributed by atoms with Crippen molar-refractivity contribution in [2.45, 2.75) is 36.8 Å². The highest BCUT2D eigenvalue weighted by atomic mass is 79.9. The second kappa shape index (κ2) is 7.33. The average molecular weight is 365 g/mol. The first kappa shape index (κ1) is 15.7. The van der Waals surface area contributed by atoms with Gasteiger partial charge >= 0.3 is 0 Å². The van der Waals surface area contributed by atoms with Crippen molar-refractivity contribution in [2.75, 3.05) is 18.1 Å². The predicted molar refractivity (Wildman–Crippen MR) is 87.9 cm³/mol. The fourth-order valence-corrected chi connectivity index (χ4v) is 6.30. The van der Waals surface area contributed by atoms with Gasteiger partial charge in [-0.15, -0.1) is 5.10 Å². The molecule has 0 spiro atoms. The molecule has 1 N–H and O–H groups in total. The molecule has 0 amide bonds. The number of halogens is 1. The van der Waals surface area contributed by atoms with E-state index >= 15 is 0 Å². The number of nitrogens with one attached hydrogen (secondary N) is 1. The molecule has 0 saturated carbocycles. The van der Waals surface area contributed by atoms with E-state index in [1.807, 2.05) is 11.7 Å². The Hall–Kier alpha value is 0.280. The van der Waals surface area contributed by atoms with E-state index in [1.165, 1.54) is 23.6 Å². The van der Waals surface area contributed by atoms with Crippen LogP contribution in [0.15, 0.2) is 4.60 Å². The van der Waals surface area contributed by atoms with Crippen LogP contribution in [-0.4, -0.2) is 43.5 Å². The minimum absolute atomic E-state index is 0.308. The summed E-state index contributed by atoms with van der Waals surface area (Å²) < 4.78 is 2.76. The van der Waals surface area contributed by atoms with Crippen molar-refractivity contribution in [1.29, 1.82) is 0 Å². The zero-order valence-corrected chi connectivity index (χ0v) is 14.8. The summed E-state index contributed by atoms with van der Waals surface area (Å²) in [6.07, 6.45) is 1.22.